The maximum atomic E-state index is 4.63. The first-order valence-electron chi connectivity index (χ1n) is 9.69. The first-order valence-corrected chi connectivity index (χ1v) is 9.69. The van der Waals surface area contributed by atoms with Gasteiger partial charge >= 0.3 is 0 Å². The molecule has 2 heterocycles. The van der Waals surface area contributed by atoms with Gasteiger partial charge in [0.25, 0.3) is 0 Å². The second-order valence-corrected chi connectivity index (χ2v) is 6.66. The summed E-state index contributed by atoms with van der Waals surface area (Å²) < 4.78 is 0. The summed E-state index contributed by atoms with van der Waals surface area (Å²) in [4.78, 5) is 11.7. The second kappa shape index (κ2) is 10.1. The fourth-order valence-electron chi connectivity index (χ4n) is 3.24. The highest BCUT2D eigenvalue weighted by Gasteiger charge is 2.26. The van der Waals surface area contributed by atoms with E-state index in [1.165, 1.54) is 11.4 Å². The summed E-state index contributed by atoms with van der Waals surface area (Å²) in [7, 11) is 0. The Labute approximate surface area is 158 Å². The van der Waals surface area contributed by atoms with Crippen molar-refractivity contribution in [1.29, 1.82) is 0 Å². The number of aliphatic imine (C=N–C) groups is 2. The zero-order chi connectivity index (χ0) is 18.9. The lowest BCUT2D eigenvalue weighted by Gasteiger charge is -2.35. The topological polar surface area (TPSA) is 52.0 Å². The van der Waals surface area contributed by atoms with Crippen molar-refractivity contribution < 1.29 is 0 Å². The van der Waals surface area contributed by atoms with E-state index in [0.29, 0.717) is 6.04 Å². The summed E-state index contributed by atoms with van der Waals surface area (Å²) >= 11 is 0. The van der Waals surface area contributed by atoms with Gasteiger partial charge in [-0.25, -0.2) is 9.98 Å². The van der Waals surface area contributed by atoms with Crippen molar-refractivity contribution in [1.82, 2.24) is 15.5 Å². The number of rotatable bonds is 6. The van der Waals surface area contributed by atoms with Crippen molar-refractivity contribution in [2.45, 2.75) is 53.5 Å². The highest BCUT2D eigenvalue weighted by Crippen LogP contribution is 2.27. The van der Waals surface area contributed by atoms with E-state index in [-0.39, 0.29) is 0 Å². The van der Waals surface area contributed by atoms with Gasteiger partial charge in [-0.1, -0.05) is 26.0 Å². The van der Waals surface area contributed by atoms with Crippen molar-refractivity contribution in [3.63, 3.8) is 0 Å². The third-order valence-electron chi connectivity index (χ3n) is 4.65. The van der Waals surface area contributed by atoms with Crippen LogP contribution in [0.15, 0.2) is 57.1 Å². The first-order chi connectivity index (χ1) is 12.6. The van der Waals surface area contributed by atoms with Crippen LogP contribution < -0.4 is 10.6 Å². The average molecular weight is 356 g/mol. The molecule has 0 aliphatic carbocycles. The van der Waals surface area contributed by atoms with E-state index in [9.17, 15) is 0 Å². The van der Waals surface area contributed by atoms with Gasteiger partial charge in [0.15, 0.2) is 5.84 Å². The van der Waals surface area contributed by atoms with Gasteiger partial charge in [0.05, 0.1) is 0 Å². The van der Waals surface area contributed by atoms with Gasteiger partial charge in [-0.05, 0) is 39.8 Å². The van der Waals surface area contributed by atoms with Gasteiger partial charge in [0.1, 0.15) is 0 Å². The van der Waals surface area contributed by atoms with E-state index < -0.39 is 0 Å². The molecule has 0 spiro atoms. The summed E-state index contributed by atoms with van der Waals surface area (Å²) in [6, 6.07) is 0.487. The predicted molar refractivity (Wildman–Crippen MR) is 112 cm³/mol. The largest absolute Gasteiger partial charge is 0.372 e. The lowest BCUT2D eigenvalue weighted by Crippen LogP contribution is -2.48. The maximum Gasteiger partial charge on any atom is 0.161 e. The minimum absolute atomic E-state index is 0.487. The van der Waals surface area contributed by atoms with Gasteiger partial charge in [0.2, 0.25) is 0 Å². The summed E-state index contributed by atoms with van der Waals surface area (Å²) in [6.45, 7) is 13.7. The molecule has 1 fully saturated rings. The number of amidine groups is 1. The molecule has 2 N–H and O–H groups in total. The smallest absolute Gasteiger partial charge is 0.161 e. The molecule has 0 saturated carbocycles. The molecular formula is C21H33N5. The Bertz CT molecular complexity index is 664. The van der Waals surface area contributed by atoms with Gasteiger partial charge in [-0.3, -0.25) is 0 Å². The summed E-state index contributed by atoms with van der Waals surface area (Å²) in [5.41, 5.74) is 4.73. The number of nitrogens with one attached hydrogen (secondary N) is 2. The summed E-state index contributed by atoms with van der Waals surface area (Å²) in [5.74, 6) is 0.807. The lowest BCUT2D eigenvalue weighted by molar-refractivity contribution is 0.255. The number of hydrogen-bond donors (Lipinski definition) is 2. The van der Waals surface area contributed by atoms with Crippen LogP contribution in [0.2, 0.25) is 0 Å². The van der Waals surface area contributed by atoms with Crippen LogP contribution in [0, 0.1) is 0 Å². The molecule has 0 aromatic carbocycles. The van der Waals surface area contributed by atoms with Crippen LogP contribution in [-0.2, 0) is 0 Å². The van der Waals surface area contributed by atoms with Crippen molar-refractivity contribution in [2.24, 2.45) is 9.98 Å². The Morgan fingerprint density at radius 1 is 1.46 bits per heavy atom. The Hall–Kier alpha value is -2.14. The van der Waals surface area contributed by atoms with Gasteiger partial charge < -0.3 is 15.5 Å². The highest BCUT2D eigenvalue weighted by molar-refractivity contribution is 6.19. The normalized spacial score (nSPS) is 26.4. The molecule has 0 aromatic rings. The molecule has 2 aliphatic rings. The van der Waals surface area contributed by atoms with Crippen LogP contribution in [-0.4, -0.2) is 42.6 Å². The zero-order valence-corrected chi connectivity index (χ0v) is 16.8. The number of piperazine rings is 1. The van der Waals surface area contributed by atoms with E-state index in [1.54, 1.807) is 0 Å². The van der Waals surface area contributed by atoms with E-state index in [4.69, 9.17) is 0 Å². The molecule has 0 amide bonds. The molecule has 1 unspecified atom stereocenters. The maximum absolute atomic E-state index is 4.63. The molecule has 5 nitrogen and oxygen atoms in total. The number of allylic oxidation sites excluding steroid dienone is 4. The monoisotopic (exact) mass is 355 g/mol. The van der Waals surface area contributed by atoms with E-state index in [0.717, 1.165) is 49.5 Å². The number of hydrogen-bond acceptors (Lipinski definition) is 4. The standard InChI is InChI=1S/C21H33N5/c1-6-9-11-24-21-20(17(5)26-13-12-22-16(4)15-26)18(14-25-21)19(8-3)23-10-7-2/h7,9-11,14,16,22-23H,6,8,12-13,15H2,1-5H3/b10-7-,11-9+,19-18-,20-17+,24-21-. The SMILES string of the molecule is C/C=C\N/C(CC)=C1C=NC(=N\C=C\CC)/C/1=C(\C)N1CCNC(C)C1. The van der Waals surface area contributed by atoms with Crippen molar-refractivity contribution in [2.75, 3.05) is 19.6 Å². The van der Waals surface area contributed by atoms with Crippen LogP contribution >= 0.6 is 0 Å². The highest BCUT2D eigenvalue weighted by atomic mass is 15.2. The molecule has 0 bridgehead atoms. The minimum Gasteiger partial charge on any atom is -0.372 e. The van der Waals surface area contributed by atoms with E-state index >= 15 is 0 Å². The lowest BCUT2D eigenvalue weighted by atomic mass is 10.0. The van der Waals surface area contributed by atoms with Crippen LogP contribution in [0.1, 0.15) is 47.5 Å². The summed E-state index contributed by atoms with van der Waals surface area (Å²) in [6.07, 6.45) is 11.8. The van der Waals surface area contributed by atoms with Crippen LogP contribution in [0.4, 0.5) is 0 Å². The van der Waals surface area contributed by atoms with E-state index in [1.807, 2.05) is 31.6 Å². The van der Waals surface area contributed by atoms with Crippen LogP contribution in [0.25, 0.3) is 0 Å². The average Bonchev–Trinajstić information content (AvgIpc) is 3.06. The molecule has 2 rings (SSSR count). The molecule has 1 atom stereocenters. The molecule has 0 radical (unpaired) electrons. The molecule has 142 valence electrons. The van der Waals surface area contributed by atoms with Crippen molar-refractivity contribution in [3.05, 3.63) is 47.1 Å². The minimum atomic E-state index is 0.487. The van der Waals surface area contributed by atoms with Crippen LogP contribution in [0.3, 0.4) is 0 Å². The molecule has 0 aromatic heterocycles. The van der Waals surface area contributed by atoms with E-state index in [2.05, 4.69) is 59.3 Å². The molecule has 26 heavy (non-hydrogen) atoms. The quantitative estimate of drug-likeness (QED) is 0.763. The van der Waals surface area contributed by atoms with Gasteiger partial charge in [-0.15, -0.1) is 0 Å². The summed E-state index contributed by atoms with van der Waals surface area (Å²) in [5, 5.41) is 6.93. The Morgan fingerprint density at radius 3 is 2.92 bits per heavy atom. The Balaban J connectivity index is 2.49. The third kappa shape index (κ3) is 4.94. The molecule has 1 saturated heterocycles. The van der Waals surface area contributed by atoms with Crippen molar-refractivity contribution >= 4 is 12.1 Å². The Kier molecular flexibility index (Phi) is 7.85. The third-order valence-corrected chi connectivity index (χ3v) is 4.65. The Morgan fingerprint density at radius 2 is 2.27 bits per heavy atom. The number of nitrogens with zero attached hydrogens (tertiary/aromatic N) is 3. The second-order valence-electron chi connectivity index (χ2n) is 6.66. The van der Waals surface area contributed by atoms with Crippen LogP contribution in [0.5, 0.6) is 0 Å². The predicted octanol–water partition coefficient (Wildman–Crippen LogP) is 3.75. The fourth-order valence-corrected chi connectivity index (χ4v) is 3.24. The van der Waals surface area contributed by atoms with Gasteiger partial charge in [-0.2, -0.15) is 0 Å². The molecule has 2 aliphatic heterocycles. The zero-order valence-electron chi connectivity index (χ0n) is 16.8. The molecule has 5 heteroatoms. The molecular weight excluding hydrogens is 322 g/mol. The van der Waals surface area contributed by atoms with Gasteiger partial charge in [0, 0.05) is 60.6 Å². The first kappa shape index (κ1) is 20.2. The fraction of sp³-hybridized carbons (Fsp3) is 0.524. The van der Waals surface area contributed by atoms with Crippen molar-refractivity contribution in [3.8, 4) is 0 Å².